The second-order valence-corrected chi connectivity index (χ2v) is 6.46. The van der Waals surface area contributed by atoms with E-state index in [-0.39, 0.29) is 36.7 Å². The summed E-state index contributed by atoms with van der Waals surface area (Å²) in [5.41, 5.74) is 1.21. The average molecular weight is 319 g/mol. The first-order valence-electron chi connectivity index (χ1n) is 8.12. The number of rotatable bonds is 5. The summed E-state index contributed by atoms with van der Waals surface area (Å²) in [6.45, 7) is 0.256. The highest BCUT2D eigenvalue weighted by Crippen LogP contribution is 2.47. The van der Waals surface area contributed by atoms with Gasteiger partial charge < -0.3 is 14.2 Å². The molecule has 1 aromatic carbocycles. The van der Waals surface area contributed by atoms with Crippen molar-refractivity contribution in [3.63, 3.8) is 0 Å². The molecule has 0 spiro atoms. The van der Waals surface area contributed by atoms with Gasteiger partial charge >= 0.3 is 5.97 Å². The maximum Gasteiger partial charge on any atom is 0.310 e. The Morgan fingerprint density at radius 1 is 1.22 bits per heavy atom. The number of fused-ring (bicyclic) bond motifs is 2. The molecule has 0 aromatic heterocycles. The molecule has 3 rings (SSSR count). The van der Waals surface area contributed by atoms with Crippen molar-refractivity contribution in [1.29, 1.82) is 0 Å². The third-order valence-corrected chi connectivity index (χ3v) is 5.36. The van der Waals surface area contributed by atoms with Crippen LogP contribution in [-0.2, 0) is 19.0 Å². The van der Waals surface area contributed by atoms with Crippen LogP contribution in [0.1, 0.15) is 24.3 Å². The van der Waals surface area contributed by atoms with Gasteiger partial charge in [0.05, 0.1) is 19.1 Å². The predicted molar refractivity (Wildman–Crippen MR) is 86.0 cm³/mol. The minimum absolute atomic E-state index is 0.00256. The fourth-order valence-electron chi connectivity index (χ4n) is 4.31. The molecule has 5 nitrogen and oxygen atoms in total. The summed E-state index contributed by atoms with van der Waals surface area (Å²) in [7, 11) is 5.18. The first-order valence-corrected chi connectivity index (χ1v) is 8.12. The van der Waals surface area contributed by atoms with Crippen molar-refractivity contribution in [2.75, 3.05) is 28.1 Å². The van der Waals surface area contributed by atoms with Crippen LogP contribution < -0.4 is 0 Å². The zero-order valence-corrected chi connectivity index (χ0v) is 14.0. The average Bonchev–Trinajstić information content (AvgIpc) is 2.79. The summed E-state index contributed by atoms with van der Waals surface area (Å²) in [6.07, 6.45) is 1.88. The standard InChI is InChI=1S/C18H25NO4/c1-19-13-9-14(12-7-5-4-6-8-12)16(18(20)22-3)17(19)15(10-13)23-11-21-2/h4-8,13-17H,9-11H2,1-3H3/t13?,14-,15+,16-,17?/m0/s1. The van der Waals surface area contributed by atoms with Crippen LogP contribution in [0.25, 0.3) is 0 Å². The van der Waals surface area contributed by atoms with Gasteiger partial charge in [-0.1, -0.05) is 30.3 Å². The van der Waals surface area contributed by atoms with Gasteiger partial charge in [0.2, 0.25) is 0 Å². The van der Waals surface area contributed by atoms with Crippen LogP contribution in [0.5, 0.6) is 0 Å². The fourth-order valence-corrected chi connectivity index (χ4v) is 4.31. The third-order valence-electron chi connectivity index (χ3n) is 5.36. The minimum atomic E-state index is -0.215. The molecule has 2 saturated heterocycles. The Kier molecular flexibility index (Phi) is 4.99. The number of carbonyl (C=O) groups is 1. The van der Waals surface area contributed by atoms with Gasteiger partial charge in [0.25, 0.3) is 0 Å². The highest BCUT2D eigenvalue weighted by Gasteiger charge is 2.54. The van der Waals surface area contributed by atoms with E-state index in [2.05, 4.69) is 24.1 Å². The molecular weight excluding hydrogens is 294 g/mol. The molecule has 2 aliphatic rings. The van der Waals surface area contributed by atoms with Crippen molar-refractivity contribution in [2.45, 2.75) is 36.9 Å². The van der Waals surface area contributed by atoms with Crippen molar-refractivity contribution in [2.24, 2.45) is 5.92 Å². The van der Waals surface area contributed by atoms with Gasteiger partial charge in [-0.05, 0) is 25.5 Å². The molecule has 5 atom stereocenters. The van der Waals surface area contributed by atoms with Crippen LogP contribution in [0.3, 0.4) is 0 Å². The van der Waals surface area contributed by atoms with Crippen molar-refractivity contribution >= 4 is 5.97 Å². The van der Waals surface area contributed by atoms with E-state index >= 15 is 0 Å². The lowest BCUT2D eigenvalue weighted by Gasteiger charge is -2.42. The van der Waals surface area contributed by atoms with E-state index in [0.717, 1.165) is 12.8 Å². The Morgan fingerprint density at radius 2 is 1.96 bits per heavy atom. The summed E-state index contributed by atoms with van der Waals surface area (Å²) < 4.78 is 16.1. The highest BCUT2D eigenvalue weighted by molar-refractivity contribution is 5.75. The van der Waals surface area contributed by atoms with Gasteiger partial charge in [-0.3, -0.25) is 9.69 Å². The molecule has 2 aliphatic heterocycles. The molecule has 0 saturated carbocycles. The number of hydrogen-bond acceptors (Lipinski definition) is 5. The molecule has 2 heterocycles. The first kappa shape index (κ1) is 16.4. The summed E-state index contributed by atoms with van der Waals surface area (Å²) >= 11 is 0. The Hall–Kier alpha value is -1.43. The topological polar surface area (TPSA) is 48.0 Å². The molecule has 5 heteroatoms. The molecular formula is C18H25NO4. The van der Waals surface area contributed by atoms with Gasteiger partial charge in [0, 0.05) is 25.1 Å². The van der Waals surface area contributed by atoms with Crippen LogP contribution in [0.15, 0.2) is 30.3 Å². The van der Waals surface area contributed by atoms with Gasteiger partial charge in [0.1, 0.15) is 6.79 Å². The van der Waals surface area contributed by atoms with Gasteiger partial charge in [0.15, 0.2) is 0 Å². The number of carbonyl (C=O) groups excluding carboxylic acids is 1. The van der Waals surface area contributed by atoms with Gasteiger partial charge in [-0.15, -0.1) is 0 Å². The summed E-state index contributed by atoms with van der Waals surface area (Å²) in [5.74, 6) is -0.193. The normalized spacial score (nSPS) is 33.6. The molecule has 0 amide bonds. The molecule has 2 unspecified atom stereocenters. The summed E-state index contributed by atoms with van der Waals surface area (Å²) in [6, 6.07) is 10.7. The summed E-state index contributed by atoms with van der Waals surface area (Å²) in [5, 5.41) is 0. The van der Waals surface area contributed by atoms with E-state index < -0.39 is 0 Å². The minimum Gasteiger partial charge on any atom is -0.469 e. The lowest BCUT2D eigenvalue weighted by atomic mass is 9.76. The van der Waals surface area contributed by atoms with Gasteiger partial charge in [-0.2, -0.15) is 0 Å². The van der Waals surface area contributed by atoms with Crippen LogP contribution in [0.2, 0.25) is 0 Å². The predicted octanol–water partition coefficient (Wildman–Crippen LogP) is 2.02. The molecule has 2 bridgehead atoms. The lowest BCUT2D eigenvalue weighted by molar-refractivity contribution is -0.154. The molecule has 1 aromatic rings. The molecule has 0 radical (unpaired) electrons. The van der Waals surface area contributed by atoms with E-state index in [1.807, 2.05) is 18.2 Å². The van der Waals surface area contributed by atoms with Crippen molar-refractivity contribution in [3.05, 3.63) is 35.9 Å². The zero-order valence-electron chi connectivity index (χ0n) is 14.0. The van der Waals surface area contributed by atoms with E-state index in [0.29, 0.717) is 6.04 Å². The monoisotopic (exact) mass is 319 g/mol. The van der Waals surface area contributed by atoms with Crippen LogP contribution in [0.4, 0.5) is 0 Å². The zero-order chi connectivity index (χ0) is 16.4. The van der Waals surface area contributed by atoms with Gasteiger partial charge in [-0.25, -0.2) is 0 Å². The van der Waals surface area contributed by atoms with Crippen molar-refractivity contribution in [3.8, 4) is 0 Å². The van der Waals surface area contributed by atoms with E-state index in [4.69, 9.17) is 14.2 Å². The second kappa shape index (κ2) is 6.99. The van der Waals surface area contributed by atoms with Crippen LogP contribution >= 0.6 is 0 Å². The van der Waals surface area contributed by atoms with Crippen molar-refractivity contribution < 1.29 is 19.0 Å². The van der Waals surface area contributed by atoms with Crippen molar-refractivity contribution in [1.82, 2.24) is 4.90 Å². The Balaban J connectivity index is 1.92. The maximum absolute atomic E-state index is 12.6. The Morgan fingerprint density at radius 3 is 2.61 bits per heavy atom. The first-order chi connectivity index (χ1) is 11.2. The Labute approximate surface area is 137 Å². The smallest absolute Gasteiger partial charge is 0.310 e. The number of hydrogen-bond donors (Lipinski definition) is 0. The number of likely N-dealkylation sites (N-methyl/N-ethyl adjacent to an activating group) is 1. The number of nitrogens with zero attached hydrogens (tertiary/aromatic N) is 1. The largest absolute Gasteiger partial charge is 0.469 e. The lowest BCUT2D eigenvalue weighted by Crippen LogP contribution is -2.52. The summed E-state index contributed by atoms with van der Waals surface area (Å²) in [4.78, 5) is 14.9. The quantitative estimate of drug-likeness (QED) is 0.614. The fraction of sp³-hybridized carbons (Fsp3) is 0.611. The van der Waals surface area contributed by atoms with Crippen LogP contribution in [0, 0.1) is 5.92 Å². The van der Waals surface area contributed by atoms with E-state index in [1.54, 1.807) is 7.11 Å². The maximum atomic E-state index is 12.6. The SMILES string of the molecule is COCO[C@@H]1CC2C[C@@H](c3ccccc3)[C@H](C(=O)OC)C1N2C. The molecule has 0 N–H and O–H groups in total. The second-order valence-electron chi connectivity index (χ2n) is 6.46. The number of esters is 1. The van der Waals surface area contributed by atoms with Crippen LogP contribution in [-0.4, -0.2) is 57.1 Å². The molecule has 2 fully saturated rings. The number of methoxy groups -OCH3 is 2. The number of benzene rings is 1. The third kappa shape index (κ3) is 3.01. The number of ether oxygens (including phenoxy) is 3. The highest BCUT2D eigenvalue weighted by atomic mass is 16.7. The molecule has 126 valence electrons. The molecule has 0 aliphatic carbocycles. The molecule has 23 heavy (non-hydrogen) atoms. The Bertz CT molecular complexity index is 535. The van der Waals surface area contributed by atoms with E-state index in [1.165, 1.54) is 12.7 Å². The van der Waals surface area contributed by atoms with E-state index in [9.17, 15) is 4.79 Å². The number of piperidine rings is 1.